The van der Waals surface area contributed by atoms with E-state index in [0.717, 1.165) is 0 Å². The highest BCUT2D eigenvalue weighted by Gasteiger charge is 2.28. The van der Waals surface area contributed by atoms with E-state index in [1.165, 1.54) is 13.8 Å². The summed E-state index contributed by atoms with van der Waals surface area (Å²) in [6, 6.07) is 3.63. The number of hydrogen-bond donors (Lipinski definition) is 2. The van der Waals surface area contributed by atoms with Gasteiger partial charge in [0, 0.05) is 6.20 Å². The Kier molecular flexibility index (Phi) is 2.26. The minimum absolute atomic E-state index is 0.154. The zero-order valence-electron chi connectivity index (χ0n) is 8.89. The summed E-state index contributed by atoms with van der Waals surface area (Å²) < 4.78 is 5.26. The van der Waals surface area contributed by atoms with Crippen LogP contribution in [0.2, 0.25) is 0 Å². The van der Waals surface area contributed by atoms with Crippen molar-refractivity contribution < 1.29 is 14.3 Å². The zero-order valence-corrected chi connectivity index (χ0v) is 8.89. The maximum atomic E-state index is 10.9. The number of fused-ring (bicyclic) bond motifs is 1. The molecule has 84 valence electrons. The number of aliphatic carboxylic acids is 1. The van der Waals surface area contributed by atoms with Gasteiger partial charge >= 0.3 is 5.97 Å². The number of aromatic nitrogens is 2. The Labute approximate surface area is 91.3 Å². The number of carboxylic acid groups (broad SMARTS) is 1. The normalized spacial score (nSPS) is 11.6. The Morgan fingerprint density at radius 1 is 1.56 bits per heavy atom. The summed E-state index contributed by atoms with van der Waals surface area (Å²) in [4.78, 5) is 18.9. The van der Waals surface area contributed by atoms with Crippen molar-refractivity contribution in [1.82, 2.24) is 9.97 Å². The summed E-state index contributed by atoms with van der Waals surface area (Å²) in [7, 11) is 0. The molecule has 0 aliphatic rings. The molecule has 2 aromatic heterocycles. The predicted molar refractivity (Wildman–Crippen MR) is 57.1 cm³/mol. The molecule has 0 unspecified atom stereocenters. The van der Waals surface area contributed by atoms with E-state index in [0.29, 0.717) is 11.2 Å². The second-order valence-corrected chi connectivity index (χ2v) is 3.90. The molecule has 2 aromatic rings. The summed E-state index contributed by atoms with van der Waals surface area (Å²) in [5.41, 5.74) is -0.168. The molecular formula is C10H11N3O3. The molecule has 0 fully saturated rings. The molecule has 0 bridgehead atoms. The number of rotatable bonds is 3. The number of nitrogens with zero attached hydrogens (tertiary/aromatic N) is 2. The van der Waals surface area contributed by atoms with Crippen molar-refractivity contribution in [3.63, 3.8) is 0 Å². The smallest absolute Gasteiger partial charge is 0.328 e. The summed E-state index contributed by atoms with van der Waals surface area (Å²) in [5.74, 6) is -0.984. The highest BCUT2D eigenvalue weighted by Crippen LogP contribution is 2.19. The molecule has 0 amide bonds. The van der Waals surface area contributed by atoms with Gasteiger partial charge in [0.25, 0.3) is 6.01 Å². The molecule has 0 aliphatic heterocycles. The number of oxazole rings is 1. The molecule has 0 spiro atoms. The van der Waals surface area contributed by atoms with Gasteiger partial charge in [-0.1, -0.05) is 0 Å². The molecular weight excluding hydrogens is 210 g/mol. The first-order valence-electron chi connectivity index (χ1n) is 4.72. The van der Waals surface area contributed by atoms with E-state index in [2.05, 4.69) is 15.3 Å². The lowest BCUT2D eigenvalue weighted by atomic mass is 10.1. The molecule has 0 saturated carbocycles. The fourth-order valence-electron chi connectivity index (χ4n) is 1.14. The van der Waals surface area contributed by atoms with Crippen LogP contribution in [0.3, 0.4) is 0 Å². The van der Waals surface area contributed by atoms with Crippen LogP contribution in [0.5, 0.6) is 0 Å². The molecule has 0 saturated heterocycles. The maximum Gasteiger partial charge on any atom is 0.328 e. The van der Waals surface area contributed by atoms with E-state index in [-0.39, 0.29) is 6.01 Å². The lowest BCUT2D eigenvalue weighted by Gasteiger charge is -2.18. The Hall–Kier alpha value is -2.11. The standard InChI is InChI=1S/C10H11N3O3/c1-10(2,8(14)15)13-9-12-6-4-3-5-11-7(6)16-9/h3-5H,1-2H3,(H,12,13)(H,14,15). The Balaban J connectivity index is 2.32. The third kappa shape index (κ3) is 1.81. The first-order chi connectivity index (χ1) is 7.49. The van der Waals surface area contributed by atoms with Crippen molar-refractivity contribution in [1.29, 1.82) is 0 Å². The minimum Gasteiger partial charge on any atom is -0.480 e. The number of pyridine rings is 1. The predicted octanol–water partition coefficient (Wildman–Crippen LogP) is 1.50. The molecule has 0 aromatic carbocycles. The summed E-state index contributed by atoms with van der Waals surface area (Å²) in [5, 5.41) is 11.6. The van der Waals surface area contributed by atoms with Crippen LogP contribution in [-0.4, -0.2) is 26.6 Å². The van der Waals surface area contributed by atoms with Crippen LogP contribution in [0.4, 0.5) is 6.01 Å². The first kappa shape index (κ1) is 10.4. The lowest BCUT2D eigenvalue weighted by molar-refractivity contribution is -0.141. The molecule has 0 aliphatic carbocycles. The van der Waals surface area contributed by atoms with Gasteiger partial charge < -0.3 is 14.8 Å². The van der Waals surface area contributed by atoms with Crippen LogP contribution in [0.15, 0.2) is 22.7 Å². The molecule has 0 radical (unpaired) electrons. The van der Waals surface area contributed by atoms with Crippen LogP contribution in [-0.2, 0) is 4.79 Å². The van der Waals surface area contributed by atoms with E-state index in [9.17, 15) is 4.79 Å². The fourth-order valence-corrected chi connectivity index (χ4v) is 1.14. The maximum absolute atomic E-state index is 10.9. The second kappa shape index (κ2) is 3.48. The van der Waals surface area contributed by atoms with Crippen LogP contribution < -0.4 is 5.32 Å². The van der Waals surface area contributed by atoms with Crippen LogP contribution in [0.25, 0.3) is 11.2 Å². The highest BCUT2D eigenvalue weighted by molar-refractivity contribution is 5.81. The van der Waals surface area contributed by atoms with Crippen molar-refractivity contribution in [2.45, 2.75) is 19.4 Å². The lowest BCUT2D eigenvalue weighted by Crippen LogP contribution is -2.40. The second-order valence-electron chi connectivity index (χ2n) is 3.90. The van der Waals surface area contributed by atoms with Crippen LogP contribution >= 0.6 is 0 Å². The van der Waals surface area contributed by atoms with Crippen LogP contribution in [0.1, 0.15) is 13.8 Å². The van der Waals surface area contributed by atoms with E-state index in [4.69, 9.17) is 9.52 Å². The average Bonchev–Trinajstić information content (AvgIpc) is 2.58. The number of anilines is 1. The largest absolute Gasteiger partial charge is 0.480 e. The van der Waals surface area contributed by atoms with Gasteiger partial charge in [0.15, 0.2) is 0 Å². The monoisotopic (exact) mass is 221 g/mol. The number of nitrogens with one attached hydrogen (secondary N) is 1. The van der Waals surface area contributed by atoms with Gasteiger partial charge in [-0.3, -0.25) is 0 Å². The van der Waals surface area contributed by atoms with E-state index in [1.54, 1.807) is 18.3 Å². The highest BCUT2D eigenvalue weighted by atomic mass is 16.4. The molecule has 2 N–H and O–H groups in total. The van der Waals surface area contributed by atoms with E-state index >= 15 is 0 Å². The van der Waals surface area contributed by atoms with E-state index in [1.807, 2.05) is 0 Å². The quantitative estimate of drug-likeness (QED) is 0.816. The van der Waals surface area contributed by atoms with Crippen molar-refractivity contribution in [2.75, 3.05) is 5.32 Å². The van der Waals surface area contributed by atoms with Gasteiger partial charge in [0.1, 0.15) is 11.1 Å². The van der Waals surface area contributed by atoms with Crippen molar-refractivity contribution >= 4 is 23.2 Å². The number of carboxylic acids is 1. The Morgan fingerprint density at radius 2 is 2.31 bits per heavy atom. The third-order valence-electron chi connectivity index (χ3n) is 2.12. The number of hydrogen-bond acceptors (Lipinski definition) is 5. The van der Waals surface area contributed by atoms with Gasteiger partial charge in [-0.05, 0) is 26.0 Å². The molecule has 16 heavy (non-hydrogen) atoms. The summed E-state index contributed by atoms with van der Waals surface area (Å²) >= 11 is 0. The summed E-state index contributed by atoms with van der Waals surface area (Å²) in [6.07, 6.45) is 1.58. The van der Waals surface area contributed by atoms with Crippen molar-refractivity contribution in [3.8, 4) is 0 Å². The molecule has 2 heterocycles. The SMILES string of the molecule is CC(C)(Nc1nc2cccnc2o1)C(=O)O. The molecule has 0 atom stereocenters. The Bertz CT molecular complexity index is 500. The van der Waals surface area contributed by atoms with Gasteiger partial charge in [-0.2, -0.15) is 4.98 Å². The molecule has 6 nitrogen and oxygen atoms in total. The summed E-state index contributed by atoms with van der Waals surface area (Å²) in [6.45, 7) is 3.05. The third-order valence-corrected chi connectivity index (χ3v) is 2.12. The van der Waals surface area contributed by atoms with Crippen LogP contribution in [0, 0.1) is 0 Å². The van der Waals surface area contributed by atoms with Gasteiger partial charge in [0.05, 0.1) is 0 Å². The number of carbonyl (C=O) groups is 1. The van der Waals surface area contributed by atoms with Crippen molar-refractivity contribution in [2.24, 2.45) is 0 Å². The molecule has 2 rings (SSSR count). The first-order valence-corrected chi connectivity index (χ1v) is 4.72. The fraction of sp³-hybridized carbons (Fsp3) is 0.300. The minimum atomic E-state index is -1.14. The van der Waals surface area contributed by atoms with E-state index < -0.39 is 11.5 Å². The van der Waals surface area contributed by atoms with Crippen molar-refractivity contribution in [3.05, 3.63) is 18.3 Å². The average molecular weight is 221 g/mol. The Morgan fingerprint density at radius 3 is 2.94 bits per heavy atom. The van der Waals surface area contributed by atoms with Gasteiger partial charge in [-0.15, -0.1) is 0 Å². The van der Waals surface area contributed by atoms with Gasteiger partial charge in [-0.25, -0.2) is 9.78 Å². The zero-order chi connectivity index (χ0) is 11.8. The topological polar surface area (TPSA) is 88.3 Å². The molecule has 6 heteroatoms. The van der Waals surface area contributed by atoms with Gasteiger partial charge in [0.2, 0.25) is 5.71 Å².